The van der Waals surface area contributed by atoms with Crippen LogP contribution >= 0.6 is 0 Å². The highest BCUT2D eigenvalue weighted by Crippen LogP contribution is 2.03. The van der Waals surface area contributed by atoms with Gasteiger partial charge in [0.15, 0.2) is 0 Å². The van der Waals surface area contributed by atoms with Crippen molar-refractivity contribution in [2.24, 2.45) is 0 Å². The summed E-state index contributed by atoms with van der Waals surface area (Å²) in [7, 11) is 0. The maximum Gasteiger partial charge on any atom is 0.123 e. The molecule has 0 amide bonds. The van der Waals surface area contributed by atoms with E-state index in [4.69, 9.17) is 10.8 Å². The summed E-state index contributed by atoms with van der Waals surface area (Å²) in [5.41, 5.74) is 6.67. The Morgan fingerprint density at radius 2 is 1.46 bits per heavy atom. The third-order valence-electron chi connectivity index (χ3n) is 3.81. The Morgan fingerprint density at radius 1 is 0.923 bits per heavy atom. The maximum atomic E-state index is 8.73. The summed E-state index contributed by atoms with van der Waals surface area (Å²) in [5, 5.41) is 8.73. The smallest absolute Gasteiger partial charge is 0.123 e. The molecule has 1 saturated heterocycles. The summed E-state index contributed by atoms with van der Waals surface area (Å²) >= 11 is 0. The van der Waals surface area contributed by atoms with Crippen LogP contribution < -0.4 is 5.73 Å². The molecular weight excluding hydrogens is 324 g/mol. The molecule has 3 N–H and O–H groups in total. The molecule has 0 radical (unpaired) electrons. The summed E-state index contributed by atoms with van der Waals surface area (Å²) in [5.74, 6) is 0.597. The molecule has 1 fully saturated rings. The summed E-state index contributed by atoms with van der Waals surface area (Å²) in [4.78, 5) is 8.79. The number of hydrogen-bond acceptors (Lipinski definition) is 5. The number of nitrogens with zero attached hydrogens (tertiary/aromatic N) is 3. The lowest BCUT2D eigenvalue weighted by Crippen LogP contribution is -2.47. The molecule has 1 aliphatic heterocycles. The summed E-state index contributed by atoms with van der Waals surface area (Å²) in [6.45, 7) is 19.3. The molecule has 0 saturated carbocycles. The Labute approximate surface area is 162 Å². The van der Waals surface area contributed by atoms with Crippen molar-refractivity contribution >= 4 is 5.82 Å². The molecule has 1 aromatic heterocycles. The second-order valence-corrected chi connectivity index (χ2v) is 5.75. The summed E-state index contributed by atoms with van der Waals surface area (Å²) < 4.78 is 0. The number of piperazine rings is 1. The van der Waals surface area contributed by atoms with E-state index < -0.39 is 0 Å². The average molecular weight is 369 g/mol. The van der Waals surface area contributed by atoms with E-state index in [1.807, 2.05) is 46.0 Å². The predicted molar refractivity (Wildman–Crippen MR) is 116 cm³/mol. The van der Waals surface area contributed by atoms with Crippen LogP contribution in [0.4, 0.5) is 5.82 Å². The van der Waals surface area contributed by atoms with Crippen molar-refractivity contribution in [3.8, 4) is 0 Å². The zero-order valence-electron chi connectivity index (χ0n) is 18.2. The van der Waals surface area contributed by atoms with Crippen molar-refractivity contribution in [2.45, 2.75) is 60.8 Å². The van der Waals surface area contributed by atoms with Gasteiger partial charge >= 0.3 is 0 Å². The van der Waals surface area contributed by atoms with Gasteiger partial charge in [-0.05, 0) is 31.0 Å². The Hall–Kier alpha value is -1.17. The number of anilines is 1. The van der Waals surface area contributed by atoms with Gasteiger partial charge in [0.25, 0.3) is 0 Å². The first-order valence-electron chi connectivity index (χ1n) is 10.5. The minimum atomic E-state index is 0.299. The molecular formula is C21H44N4O. The van der Waals surface area contributed by atoms with E-state index in [-0.39, 0.29) is 0 Å². The first-order valence-corrected chi connectivity index (χ1v) is 10.5. The fourth-order valence-corrected chi connectivity index (χ4v) is 2.57. The third kappa shape index (κ3) is 14.0. The predicted octanol–water partition coefficient (Wildman–Crippen LogP) is 3.68. The van der Waals surface area contributed by atoms with Crippen LogP contribution in [0.2, 0.25) is 0 Å². The monoisotopic (exact) mass is 368 g/mol. The van der Waals surface area contributed by atoms with Crippen molar-refractivity contribution in [3.05, 3.63) is 23.9 Å². The van der Waals surface area contributed by atoms with Gasteiger partial charge in [-0.25, -0.2) is 4.98 Å². The standard InChI is InChI=1S/C9H20N2O.C8H12N2.2C2H6/c1-2-3-10-4-6-11(7-5-10)8-9-12;1-2-3-7-4-5-8(9)10-6-7;2*1-2/h12H,2-9H2,1H3;4-6H,2-3H2,1H3,(H2,9,10);2*1-2H3. The molecule has 0 aromatic carbocycles. The lowest BCUT2D eigenvalue weighted by Gasteiger charge is -2.34. The van der Waals surface area contributed by atoms with Crippen LogP contribution in [0.1, 0.15) is 59.9 Å². The number of nitrogens with two attached hydrogens (primary N) is 1. The average Bonchev–Trinajstić information content (AvgIpc) is 2.70. The normalized spacial score (nSPS) is 14.1. The topological polar surface area (TPSA) is 65.6 Å². The van der Waals surface area contributed by atoms with Gasteiger partial charge in [0.1, 0.15) is 5.82 Å². The van der Waals surface area contributed by atoms with E-state index in [0.29, 0.717) is 12.4 Å². The Kier molecular flexibility index (Phi) is 21.0. The van der Waals surface area contributed by atoms with Gasteiger partial charge in [-0.15, -0.1) is 0 Å². The SMILES string of the molecule is CC.CC.CCCN1CCN(CCO)CC1.CCCc1ccc(N)nc1. The summed E-state index contributed by atoms with van der Waals surface area (Å²) in [6, 6.07) is 3.86. The van der Waals surface area contributed by atoms with Crippen molar-refractivity contribution in [2.75, 3.05) is 51.6 Å². The molecule has 0 unspecified atom stereocenters. The minimum Gasteiger partial charge on any atom is -0.395 e. The van der Waals surface area contributed by atoms with Gasteiger partial charge in [0.2, 0.25) is 0 Å². The molecule has 5 heteroatoms. The van der Waals surface area contributed by atoms with Gasteiger partial charge in [-0.2, -0.15) is 0 Å². The van der Waals surface area contributed by atoms with E-state index in [9.17, 15) is 0 Å². The molecule has 0 atom stereocenters. The third-order valence-corrected chi connectivity index (χ3v) is 3.81. The van der Waals surface area contributed by atoms with Crippen LogP contribution in [-0.2, 0) is 6.42 Å². The van der Waals surface area contributed by atoms with E-state index in [2.05, 4.69) is 28.6 Å². The van der Waals surface area contributed by atoms with Crippen LogP contribution in [0, 0.1) is 0 Å². The molecule has 1 aromatic rings. The lowest BCUT2D eigenvalue weighted by molar-refractivity contribution is 0.113. The van der Waals surface area contributed by atoms with E-state index in [1.165, 1.54) is 31.6 Å². The van der Waals surface area contributed by atoms with Crippen LogP contribution in [0.3, 0.4) is 0 Å². The van der Waals surface area contributed by atoms with Crippen LogP contribution in [-0.4, -0.2) is 65.8 Å². The molecule has 26 heavy (non-hydrogen) atoms. The van der Waals surface area contributed by atoms with E-state index in [1.54, 1.807) is 0 Å². The first-order chi connectivity index (χ1) is 12.7. The van der Waals surface area contributed by atoms with Crippen molar-refractivity contribution in [1.82, 2.24) is 14.8 Å². The lowest BCUT2D eigenvalue weighted by atomic mass is 10.2. The number of aliphatic hydroxyl groups excluding tert-OH is 1. The number of aromatic nitrogens is 1. The molecule has 0 bridgehead atoms. The molecule has 2 heterocycles. The fraction of sp³-hybridized carbons (Fsp3) is 0.762. The van der Waals surface area contributed by atoms with E-state index >= 15 is 0 Å². The quantitative estimate of drug-likeness (QED) is 0.802. The first kappa shape index (κ1) is 27.1. The van der Waals surface area contributed by atoms with Crippen LogP contribution in [0.25, 0.3) is 0 Å². The highest BCUT2D eigenvalue weighted by atomic mass is 16.3. The van der Waals surface area contributed by atoms with Gasteiger partial charge in [-0.3, -0.25) is 4.90 Å². The van der Waals surface area contributed by atoms with Gasteiger partial charge in [0.05, 0.1) is 6.61 Å². The second kappa shape index (κ2) is 20.1. The number of pyridine rings is 1. The molecule has 0 spiro atoms. The number of rotatable bonds is 6. The number of β-amino-alcohol motifs (C(OH)–C–C–N with tert-alkyl or cyclic N) is 1. The number of hydrogen-bond donors (Lipinski definition) is 2. The summed E-state index contributed by atoms with van der Waals surface area (Å²) in [6.07, 6.45) is 5.33. The van der Waals surface area contributed by atoms with Crippen LogP contribution in [0.5, 0.6) is 0 Å². The van der Waals surface area contributed by atoms with Gasteiger partial charge in [-0.1, -0.05) is 54.0 Å². The molecule has 0 aliphatic carbocycles. The largest absolute Gasteiger partial charge is 0.395 e. The number of nitrogen functional groups attached to an aromatic ring is 1. The molecule has 2 rings (SSSR count). The Bertz CT molecular complexity index is 362. The maximum absolute atomic E-state index is 8.73. The molecule has 1 aliphatic rings. The van der Waals surface area contributed by atoms with Gasteiger partial charge < -0.3 is 15.7 Å². The van der Waals surface area contributed by atoms with Crippen molar-refractivity contribution < 1.29 is 5.11 Å². The zero-order valence-corrected chi connectivity index (χ0v) is 18.2. The fourth-order valence-electron chi connectivity index (χ4n) is 2.57. The Morgan fingerprint density at radius 3 is 1.85 bits per heavy atom. The van der Waals surface area contributed by atoms with Gasteiger partial charge in [0, 0.05) is 38.9 Å². The highest BCUT2D eigenvalue weighted by Gasteiger charge is 2.14. The molecule has 5 nitrogen and oxygen atoms in total. The number of aryl methyl sites for hydroxylation is 1. The Balaban J connectivity index is 0. The highest BCUT2D eigenvalue weighted by molar-refractivity contribution is 5.29. The van der Waals surface area contributed by atoms with E-state index in [0.717, 1.165) is 32.5 Å². The van der Waals surface area contributed by atoms with Crippen molar-refractivity contribution in [3.63, 3.8) is 0 Å². The second-order valence-electron chi connectivity index (χ2n) is 5.75. The number of aliphatic hydroxyl groups is 1. The van der Waals surface area contributed by atoms with Crippen molar-refractivity contribution in [1.29, 1.82) is 0 Å². The molecule has 154 valence electrons. The zero-order chi connectivity index (χ0) is 20.2. The minimum absolute atomic E-state index is 0.299. The van der Waals surface area contributed by atoms with Crippen LogP contribution in [0.15, 0.2) is 18.3 Å².